The third-order valence-electron chi connectivity index (χ3n) is 4.05. The number of aromatic nitrogens is 2. The van der Waals surface area contributed by atoms with Gasteiger partial charge in [-0.15, -0.1) is 11.3 Å². The molecule has 20 heavy (non-hydrogen) atoms. The summed E-state index contributed by atoms with van der Waals surface area (Å²) in [7, 11) is 0. The van der Waals surface area contributed by atoms with Gasteiger partial charge in [-0.2, -0.15) is 0 Å². The lowest BCUT2D eigenvalue weighted by atomic mass is 9.96. The van der Waals surface area contributed by atoms with E-state index in [1.807, 2.05) is 0 Å². The molecule has 0 aliphatic carbocycles. The van der Waals surface area contributed by atoms with Crippen LogP contribution in [0.5, 0.6) is 0 Å². The number of thiazole rings is 1. The van der Waals surface area contributed by atoms with Crippen LogP contribution in [0.2, 0.25) is 0 Å². The molecule has 0 spiro atoms. The van der Waals surface area contributed by atoms with Gasteiger partial charge in [-0.05, 0) is 38.4 Å². The summed E-state index contributed by atoms with van der Waals surface area (Å²) >= 11 is 1.70. The Hall–Kier alpha value is -0.910. The summed E-state index contributed by atoms with van der Waals surface area (Å²) in [5.74, 6) is 0.846. The molecule has 0 aromatic carbocycles. The first kappa shape index (κ1) is 14.0. The molecule has 0 amide bonds. The first-order chi connectivity index (χ1) is 9.70. The molecule has 110 valence electrons. The van der Waals surface area contributed by atoms with Crippen LogP contribution in [0.3, 0.4) is 0 Å². The van der Waals surface area contributed by atoms with Gasteiger partial charge in [-0.1, -0.05) is 13.8 Å². The molecule has 1 aliphatic rings. The zero-order valence-electron chi connectivity index (χ0n) is 12.4. The molecule has 3 rings (SSSR count). The topological polar surface area (TPSA) is 32.6 Å². The molecule has 1 N–H and O–H groups in total. The van der Waals surface area contributed by atoms with E-state index in [0.29, 0.717) is 6.04 Å². The summed E-state index contributed by atoms with van der Waals surface area (Å²) in [5, 5.41) is 5.64. The number of fused-ring (bicyclic) bond motifs is 1. The minimum absolute atomic E-state index is 0.603. The van der Waals surface area contributed by atoms with Gasteiger partial charge in [0.25, 0.3) is 0 Å². The van der Waals surface area contributed by atoms with E-state index in [9.17, 15) is 0 Å². The van der Waals surface area contributed by atoms with Crippen molar-refractivity contribution in [1.82, 2.24) is 19.6 Å². The maximum Gasteiger partial charge on any atom is 0.193 e. The van der Waals surface area contributed by atoms with E-state index in [1.165, 1.54) is 38.2 Å². The van der Waals surface area contributed by atoms with E-state index in [2.05, 4.69) is 51.2 Å². The monoisotopic (exact) mass is 292 g/mol. The van der Waals surface area contributed by atoms with Crippen LogP contribution in [0.4, 0.5) is 0 Å². The maximum absolute atomic E-state index is 4.67. The Morgan fingerprint density at radius 2 is 2.20 bits per heavy atom. The molecule has 0 radical (unpaired) electrons. The molecule has 1 saturated heterocycles. The van der Waals surface area contributed by atoms with E-state index >= 15 is 0 Å². The summed E-state index contributed by atoms with van der Waals surface area (Å²) in [6.45, 7) is 9.02. The first-order valence-electron chi connectivity index (χ1n) is 7.57. The standard InChI is InChI=1S/C15H24N4S/c1-12(2)16-9-13-3-5-18(6-4-13)10-14-11-19-7-8-20-15(19)17-14/h7-8,11-13,16H,3-6,9-10H2,1-2H3. The Labute approximate surface area is 124 Å². The lowest BCUT2D eigenvalue weighted by Gasteiger charge is -2.31. The zero-order chi connectivity index (χ0) is 13.9. The normalized spacial score (nSPS) is 18.4. The zero-order valence-corrected chi connectivity index (χ0v) is 13.2. The number of hydrogen-bond acceptors (Lipinski definition) is 4. The van der Waals surface area contributed by atoms with Crippen molar-refractivity contribution in [2.75, 3.05) is 19.6 Å². The number of hydrogen-bond donors (Lipinski definition) is 1. The second kappa shape index (κ2) is 6.24. The van der Waals surface area contributed by atoms with Crippen LogP contribution in [0, 0.1) is 5.92 Å². The highest BCUT2D eigenvalue weighted by Gasteiger charge is 2.20. The minimum atomic E-state index is 0.603. The van der Waals surface area contributed by atoms with Gasteiger partial charge in [0.05, 0.1) is 5.69 Å². The van der Waals surface area contributed by atoms with Crippen LogP contribution in [0.1, 0.15) is 32.4 Å². The molecule has 0 atom stereocenters. The first-order valence-corrected chi connectivity index (χ1v) is 8.45. The van der Waals surface area contributed by atoms with E-state index < -0.39 is 0 Å². The van der Waals surface area contributed by atoms with Gasteiger partial charge in [0.2, 0.25) is 0 Å². The third-order valence-corrected chi connectivity index (χ3v) is 4.82. The summed E-state index contributed by atoms with van der Waals surface area (Å²) in [6.07, 6.45) is 6.86. The van der Waals surface area contributed by atoms with E-state index in [1.54, 1.807) is 11.3 Å². The molecule has 2 aromatic heterocycles. The predicted molar refractivity (Wildman–Crippen MR) is 84.2 cm³/mol. The predicted octanol–water partition coefficient (Wildman–Crippen LogP) is 2.61. The SMILES string of the molecule is CC(C)NCC1CCN(Cc2cn3ccsc3n2)CC1. The van der Waals surface area contributed by atoms with Crippen molar-refractivity contribution >= 4 is 16.3 Å². The quantitative estimate of drug-likeness (QED) is 0.919. The van der Waals surface area contributed by atoms with Gasteiger partial charge in [-0.3, -0.25) is 9.30 Å². The number of imidazole rings is 1. The largest absolute Gasteiger partial charge is 0.314 e. The number of nitrogens with zero attached hydrogens (tertiary/aromatic N) is 3. The Morgan fingerprint density at radius 3 is 2.90 bits per heavy atom. The molecule has 0 unspecified atom stereocenters. The molecule has 2 aromatic rings. The van der Waals surface area contributed by atoms with Gasteiger partial charge < -0.3 is 5.32 Å². The van der Waals surface area contributed by atoms with Crippen molar-refractivity contribution in [3.63, 3.8) is 0 Å². The lowest BCUT2D eigenvalue weighted by Crippen LogP contribution is -2.38. The Kier molecular flexibility index (Phi) is 4.38. The Balaban J connectivity index is 1.47. The van der Waals surface area contributed by atoms with Crippen LogP contribution in [0.15, 0.2) is 17.8 Å². The van der Waals surface area contributed by atoms with Gasteiger partial charge in [-0.25, -0.2) is 4.98 Å². The molecular weight excluding hydrogens is 268 g/mol. The fourth-order valence-electron chi connectivity index (χ4n) is 2.83. The maximum atomic E-state index is 4.67. The third kappa shape index (κ3) is 3.40. The molecule has 0 saturated carbocycles. The summed E-state index contributed by atoms with van der Waals surface area (Å²) in [4.78, 5) is 8.32. The van der Waals surface area contributed by atoms with Crippen molar-refractivity contribution < 1.29 is 0 Å². The lowest BCUT2D eigenvalue weighted by molar-refractivity contribution is 0.172. The minimum Gasteiger partial charge on any atom is -0.314 e. The van der Waals surface area contributed by atoms with Crippen molar-refractivity contribution in [3.8, 4) is 0 Å². The summed E-state index contributed by atoms with van der Waals surface area (Å²) in [5.41, 5.74) is 1.20. The number of rotatable bonds is 5. The molecule has 5 heteroatoms. The van der Waals surface area contributed by atoms with Crippen LogP contribution < -0.4 is 5.32 Å². The highest BCUT2D eigenvalue weighted by atomic mass is 32.1. The second-order valence-corrected chi connectivity index (χ2v) is 6.98. The Morgan fingerprint density at radius 1 is 1.40 bits per heavy atom. The summed E-state index contributed by atoms with van der Waals surface area (Å²) < 4.78 is 2.12. The van der Waals surface area contributed by atoms with Crippen LogP contribution in [-0.2, 0) is 6.54 Å². The van der Waals surface area contributed by atoms with E-state index in [-0.39, 0.29) is 0 Å². The average molecular weight is 292 g/mol. The van der Waals surface area contributed by atoms with E-state index in [0.717, 1.165) is 17.4 Å². The molecule has 1 fully saturated rings. The second-order valence-electron chi connectivity index (χ2n) is 6.11. The number of likely N-dealkylation sites (tertiary alicyclic amines) is 1. The van der Waals surface area contributed by atoms with Gasteiger partial charge in [0.1, 0.15) is 0 Å². The van der Waals surface area contributed by atoms with E-state index in [4.69, 9.17) is 0 Å². The molecular formula is C15H24N4S. The molecule has 4 nitrogen and oxygen atoms in total. The van der Waals surface area contributed by atoms with Crippen LogP contribution >= 0.6 is 11.3 Å². The fourth-order valence-corrected chi connectivity index (χ4v) is 3.55. The number of nitrogens with one attached hydrogen (secondary N) is 1. The van der Waals surface area contributed by atoms with Crippen LogP contribution in [-0.4, -0.2) is 40.0 Å². The Bertz CT molecular complexity index is 508. The van der Waals surface area contributed by atoms with Gasteiger partial charge in [0, 0.05) is 30.4 Å². The fraction of sp³-hybridized carbons (Fsp3) is 0.667. The van der Waals surface area contributed by atoms with Crippen molar-refractivity contribution in [2.45, 2.75) is 39.3 Å². The van der Waals surface area contributed by atoms with Gasteiger partial charge in [0.15, 0.2) is 4.96 Å². The average Bonchev–Trinajstić information content (AvgIpc) is 2.99. The molecule has 0 bridgehead atoms. The highest BCUT2D eigenvalue weighted by molar-refractivity contribution is 7.15. The molecule has 1 aliphatic heterocycles. The van der Waals surface area contributed by atoms with Gasteiger partial charge >= 0.3 is 0 Å². The number of piperidine rings is 1. The van der Waals surface area contributed by atoms with Crippen LogP contribution in [0.25, 0.3) is 4.96 Å². The van der Waals surface area contributed by atoms with Crippen molar-refractivity contribution in [3.05, 3.63) is 23.5 Å². The van der Waals surface area contributed by atoms with Crippen molar-refractivity contribution in [2.24, 2.45) is 5.92 Å². The molecule has 3 heterocycles. The van der Waals surface area contributed by atoms with Crippen molar-refractivity contribution in [1.29, 1.82) is 0 Å². The smallest absolute Gasteiger partial charge is 0.193 e. The summed E-state index contributed by atoms with van der Waals surface area (Å²) in [6, 6.07) is 0.603. The highest BCUT2D eigenvalue weighted by Crippen LogP contribution is 2.19.